The van der Waals surface area contributed by atoms with Crippen LogP contribution in [0.2, 0.25) is 0 Å². The molecule has 2 atom stereocenters. The predicted octanol–water partition coefficient (Wildman–Crippen LogP) is 12.3. The molecule has 2 unspecified atom stereocenters. The SMILES string of the molecule is CCCCCCCC/C=C\CCCCCCCC(=O)N(CCCN(C)C)C(C(=O)NCCN(C)CCNC(=O)C(C1CC1)N(CCCN(C)C)C(=O)CCCCCCC/C=C\CCCCCCCC)C1CC1. The molecule has 11 heteroatoms. The highest BCUT2D eigenvalue weighted by Crippen LogP contribution is 2.37. The van der Waals surface area contributed by atoms with Crippen LogP contribution < -0.4 is 10.6 Å². The number of carbonyl (C=O) groups excluding carboxylic acids is 4. The van der Waals surface area contributed by atoms with Crippen molar-refractivity contribution in [3.05, 3.63) is 24.3 Å². The third-order valence-corrected chi connectivity index (χ3v) is 14.9. The molecule has 0 aromatic heterocycles. The van der Waals surface area contributed by atoms with E-state index in [0.717, 1.165) is 103 Å². The van der Waals surface area contributed by atoms with E-state index in [1.165, 1.54) is 116 Å². The second-order valence-electron chi connectivity index (χ2n) is 22.6. The van der Waals surface area contributed by atoms with Gasteiger partial charge in [-0.05, 0) is 163 Å². The highest BCUT2D eigenvalue weighted by molar-refractivity contribution is 5.89. The van der Waals surface area contributed by atoms with E-state index in [2.05, 4.69) is 91.7 Å². The smallest absolute Gasteiger partial charge is 0.243 e. The highest BCUT2D eigenvalue weighted by atomic mass is 16.2. The first kappa shape index (κ1) is 65.4. The molecular weight excluding hydrogens is 895 g/mol. The minimum atomic E-state index is -0.410. The van der Waals surface area contributed by atoms with Crippen LogP contribution in [-0.4, -0.2) is 148 Å². The topological polar surface area (TPSA) is 109 Å². The molecule has 2 rings (SSSR count). The molecule has 2 saturated carbocycles. The molecule has 2 aliphatic carbocycles. The number of hydrogen-bond acceptors (Lipinski definition) is 7. The van der Waals surface area contributed by atoms with Gasteiger partial charge in [-0.1, -0.05) is 141 Å². The third-order valence-electron chi connectivity index (χ3n) is 14.9. The Balaban J connectivity index is 1.78. The van der Waals surface area contributed by atoms with Crippen LogP contribution in [-0.2, 0) is 19.2 Å². The normalized spacial score (nSPS) is 14.8. The highest BCUT2D eigenvalue weighted by Gasteiger charge is 2.43. The largest absolute Gasteiger partial charge is 0.353 e. The Labute approximate surface area is 444 Å². The zero-order chi connectivity index (χ0) is 52.4. The van der Waals surface area contributed by atoms with Gasteiger partial charge in [0.2, 0.25) is 23.6 Å². The van der Waals surface area contributed by atoms with Crippen molar-refractivity contribution in [3.63, 3.8) is 0 Å². The van der Waals surface area contributed by atoms with Crippen molar-refractivity contribution in [1.29, 1.82) is 0 Å². The summed E-state index contributed by atoms with van der Waals surface area (Å²) >= 11 is 0. The van der Waals surface area contributed by atoms with E-state index in [9.17, 15) is 19.2 Å². The van der Waals surface area contributed by atoms with Gasteiger partial charge in [-0.3, -0.25) is 19.2 Å². The second-order valence-corrected chi connectivity index (χ2v) is 22.6. The van der Waals surface area contributed by atoms with E-state index >= 15 is 0 Å². The van der Waals surface area contributed by atoms with Gasteiger partial charge < -0.3 is 35.1 Å². The summed E-state index contributed by atoms with van der Waals surface area (Å²) in [6.45, 7) is 9.74. The molecule has 418 valence electrons. The first-order chi connectivity index (χ1) is 35.0. The lowest BCUT2D eigenvalue weighted by Crippen LogP contribution is -2.53. The number of carbonyl (C=O) groups is 4. The van der Waals surface area contributed by atoms with E-state index in [0.29, 0.717) is 52.1 Å². The molecule has 0 spiro atoms. The minimum absolute atomic E-state index is 0.0324. The van der Waals surface area contributed by atoms with Gasteiger partial charge >= 0.3 is 0 Å². The Kier molecular flexibility index (Phi) is 39.5. The molecule has 72 heavy (non-hydrogen) atoms. The van der Waals surface area contributed by atoms with Crippen LogP contribution in [0.1, 0.15) is 232 Å². The van der Waals surface area contributed by atoms with Crippen molar-refractivity contribution in [3.8, 4) is 0 Å². The zero-order valence-corrected chi connectivity index (χ0v) is 48.2. The molecule has 2 fully saturated rings. The lowest BCUT2D eigenvalue weighted by molar-refractivity contribution is -0.141. The Morgan fingerprint density at radius 3 is 1.01 bits per heavy atom. The average Bonchev–Trinajstić information content (AvgIpc) is 4.30. The number of rotatable bonds is 50. The maximum atomic E-state index is 13.9. The monoisotopic (exact) mass is 1010 g/mol. The van der Waals surface area contributed by atoms with Gasteiger partial charge in [-0.15, -0.1) is 0 Å². The van der Waals surface area contributed by atoms with Crippen LogP contribution >= 0.6 is 0 Å². The molecule has 4 amide bonds. The fraction of sp³-hybridized carbons (Fsp3) is 0.869. The second kappa shape index (κ2) is 43.5. The number of likely N-dealkylation sites (N-methyl/N-ethyl adjacent to an activating group) is 1. The Morgan fingerprint density at radius 2 is 0.708 bits per heavy atom. The van der Waals surface area contributed by atoms with Crippen LogP contribution in [0.25, 0.3) is 0 Å². The number of nitrogens with zero attached hydrogens (tertiary/aromatic N) is 5. The van der Waals surface area contributed by atoms with Crippen molar-refractivity contribution < 1.29 is 19.2 Å². The number of allylic oxidation sites excluding steroid dienone is 4. The zero-order valence-electron chi connectivity index (χ0n) is 48.2. The summed E-state index contributed by atoms with van der Waals surface area (Å²) in [4.78, 5) is 65.8. The number of unbranched alkanes of at least 4 members (excludes halogenated alkanes) is 22. The molecule has 0 saturated heterocycles. The van der Waals surface area contributed by atoms with Crippen molar-refractivity contribution in [1.82, 2.24) is 35.1 Å². The summed E-state index contributed by atoms with van der Waals surface area (Å²) in [5.74, 6) is 0.635. The van der Waals surface area contributed by atoms with Crippen LogP contribution in [0.3, 0.4) is 0 Å². The van der Waals surface area contributed by atoms with Gasteiger partial charge in [-0.2, -0.15) is 0 Å². The van der Waals surface area contributed by atoms with Crippen LogP contribution in [0.4, 0.5) is 0 Å². The predicted molar refractivity (Wildman–Crippen MR) is 305 cm³/mol. The number of hydrogen-bond donors (Lipinski definition) is 2. The van der Waals surface area contributed by atoms with E-state index in [1.807, 2.05) is 16.8 Å². The van der Waals surface area contributed by atoms with Crippen LogP contribution in [0.5, 0.6) is 0 Å². The quantitative estimate of drug-likeness (QED) is 0.0461. The van der Waals surface area contributed by atoms with E-state index in [1.54, 1.807) is 0 Å². The average molecular weight is 1010 g/mol. The fourth-order valence-corrected chi connectivity index (χ4v) is 10.0. The molecular formula is C61H115N7O4. The first-order valence-electron chi connectivity index (χ1n) is 30.4. The summed E-state index contributed by atoms with van der Waals surface area (Å²) in [7, 11) is 10.2. The number of amides is 4. The van der Waals surface area contributed by atoms with Crippen LogP contribution in [0, 0.1) is 11.8 Å². The van der Waals surface area contributed by atoms with Gasteiger partial charge in [-0.25, -0.2) is 0 Å². The van der Waals surface area contributed by atoms with E-state index < -0.39 is 12.1 Å². The summed E-state index contributed by atoms with van der Waals surface area (Å²) in [6, 6.07) is -0.820. The van der Waals surface area contributed by atoms with E-state index in [-0.39, 0.29) is 35.5 Å². The maximum Gasteiger partial charge on any atom is 0.243 e. The summed E-state index contributed by atoms with van der Waals surface area (Å²) in [6.07, 6.45) is 48.0. The molecule has 2 aliphatic rings. The molecule has 0 aromatic rings. The standard InChI is InChI=1S/C61H115N7O4/c1-8-10-12-14-16-18-20-22-24-26-28-30-32-34-36-40-56(69)67(50-38-48-64(3)4)58(54-42-43-54)60(71)62-46-52-66(7)53-47-63-61(72)59(55-44-45-55)68(51-39-49-65(5)6)57(70)41-37-35-33-31-29-27-25-23-21-19-17-15-13-11-9-2/h22-25,54-55,58-59H,8-21,26-53H2,1-7H3,(H,62,71)(H,63,72)/b24-22-,25-23-. The summed E-state index contributed by atoms with van der Waals surface area (Å²) in [5.41, 5.74) is 0. The van der Waals surface area contributed by atoms with Crippen LogP contribution in [0.15, 0.2) is 24.3 Å². The molecule has 11 nitrogen and oxygen atoms in total. The Hall–Kier alpha value is -2.76. The molecule has 2 N–H and O–H groups in total. The van der Waals surface area contributed by atoms with Crippen molar-refractivity contribution in [2.45, 2.75) is 244 Å². The Morgan fingerprint density at radius 1 is 0.403 bits per heavy atom. The van der Waals surface area contributed by atoms with Crippen molar-refractivity contribution in [2.75, 3.05) is 87.6 Å². The summed E-state index contributed by atoms with van der Waals surface area (Å²) < 4.78 is 0. The first-order valence-corrected chi connectivity index (χ1v) is 30.4. The number of nitrogens with one attached hydrogen (secondary N) is 2. The summed E-state index contributed by atoms with van der Waals surface area (Å²) in [5, 5.41) is 6.41. The molecule has 0 aromatic carbocycles. The molecule has 0 bridgehead atoms. The van der Waals surface area contributed by atoms with E-state index in [4.69, 9.17) is 0 Å². The van der Waals surface area contributed by atoms with Gasteiger partial charge in [0.1, 0.15) is 12.1 Å². The maximum absolute atomic E-state index is 13.9. The van der Waals surface area contributed by atoms with Gasteiger partial charge in [0.25, 0.3) is 0 Å². The Bertz CT molecular complexity index is 1320. The molecule has 0 heterocycles. The fourth-order valence-electron chi connectivity index (χ4n) is 10.0. The third kappa shape index (κ3) is 33.9. The van der Waals surface area contributed by atoms with Crippen molar-refractivity contribution >= 4 is 23.6 Å². The lowest BCUT2D eigenvalue weighted by atomic mass is 10.1. The van der Waals surface area contributed by atoms with Crippen molar-refractivity contribution in [2.24, 2.45) is 11.8 Å². The van der Waals surface area contributed by atoms with Gasteiger partial charge in [0, 0.05) is 52.1 Å². The lowest BCUT2D eigenvalue weighted by Gasteiger charge is -2.32. The molecule has 0 radical (unpaired) electrons. The van der Waals surface area contributed by atoms with Gasteiger partial charge in [0.15, 0.2) is 0 Å². The minimum Gasteiger partial charge on any atom is -0.353 e. The van der Waals surface area contributed by atoms with Gasteiger partial charge in [0.05, 0.1) is 0 Å². The molecule has 0 aliphatic heterocycles.